The van der Waals surface area contributed by atoms with Gasteiger partial charge in [0.2, 0.25) is 0 Å². The normalized spacial score (nSPS) is 10.9. The van der Waals surface area contributed by atoms with Crippen LogP contribution in [0, 0.1) is 6.92 Å². The van der Waals surface area contributed by atoms with Crippen molar-refractivity contribution >= 4 is 23.2 Å². The van der Waals surface area contributed by atoms with Gasteiger partial charge in [0, 0.05) is 19.2 Å². The van der Waals surface area contributed by atoms with Gasteiger partial charge in [-0.05, 0) is 44.0 Å². The molecule has 0 saturated carbocycles. The molecule has 0 saturated heterocycles. The van der Waals surface area contributed by atoms with E-state index in [1.165, 1.54) is 11.6 Å². The molecule has 7 heteroatoms. The van der Waals surface area contributed by atoms with Crippen molar-refractivity contribution in [3.05, 3.63) is 91.8 Å². The van der Waals surface area contributed by atoms with Crippen LogP contribution in [-0.4, -0.2) is 24.4 Å². The predicted molar refractivity (Wildman–Crippen MR) is 128 cm³/mol. The number of aromatic nitrogens is 1. The second kappa shape index (κ2) is 12.0. The lowest BCUT2D eigenvalue weighted by molar-refractivity contribution is 0.110. The van der Waals surface area contributed by atoms with E-state index in [2.05, 4.69) is 24.3 Å². The van der Waals surface area contributed by atoms with Crippen LogP contribution in [0.4, 0.5) is 0 Å². The first-order chi connectivity index (χ1) is 15.5. The average molecular weight is 476 g/mol. The maximum Gasteiger partial charge on any atom is 0.269 e. The molecule has 3 rings (SSSR count). The Morgan fingerprint density at radius 1 is 0.906 bits per heavy atom. The first-order valence-electron chi connectivity index (χ1n) is 10.5. The fraction of sp³-hybridized carbons (Fsp3) is 0.320. The van der Waals surface area contributed by atoms with Gasteiger partial charge in [0.25, 0.3) is 5.56 Å². The summed E-state index contributed by atoms with van der Waals surface area (Å²) in [6.07, 6.45) is 0.674. The molecule has 0 bridgehead atoms. The maximum absolute atomic E-state index is 12.7. The summed E-state index contributed by atoms with van der Waals surface area (Å²) in [6.45, 7) is 6.19. The topological polar surface area (TPSA) is 49.7 Å². The number of nitrogens with zero attached hydrogens (tertiary/aromatic N) is 1. The Labute approximate surface area is 198 Å². The third kappa shape index (κ3) is 6.76. The van der Waals surface area contributed by atoms with Gasteiger partial charge < -0.3 is 18.8 Å². The van der Waals surface area contributed by atoms with Gasteiger partial charge in [-0.3, -0.25) is 4.79 Å². The Morgan fingerprint density at radius 3 is 2.34 bits per heavy atom. The molecular weight excluding hydrogens is 449 g/mol. The van der Waals surface area contributed by atoms with Crippen LogP contribution in [0.25, 0.3) is 0 Å². The molecule has 1 aromatic heterocycles. The molecule has 1 heterocycles. The SMILES string of the molecule is CCOCCOc1cccc(OCc2c(Cl)cc(Cl)c(=O)n2CCc2ccc(C)cc2)c1. The summed E-state index contributed by atoms with van der Waals surface area (Å²) in [5, 5.41) is 0.481. The number of benzene rings is 2. The fourth-order valence-corrected chi connectivity index (χ4v) is 3.72. The van der Waals surface area contributed by atoms with Crippen LogP contribution in [0.5, 0.6) is 11.5 Å². The molecule has 0 amide bonds. The van der Waals surface area contributed by atoms with Crippen molar-refractivity contribution in [3.8, 4) is 11.5 Å². The molecule has 0 fully saturated rings. The van der Waals surface area contributed by atoms with Gasteiger partial charge in [-0.25, -0.2) is 0 Å². The van der Waals surface area contributed by atoms with E-state index >= 15 is 0 Å². The summed E-state index contributed by atoms with van der Waals surface area (Å²) in [4.78, 5) is 12.7. The molecule has 32 heavy (non-hydrogen) atoms. The molecule has 2 aromatic carbocycles. The first kappa shape index (κ1) is 24.2. The van der Waals surface area contributed by atoms with E-state index in [1.54, 1.807) is 10.6 Å². The van der Waals surface area contributed by atoms with Crippen LogP contribution in [0.3, 0.4) is 0 Å². The number of hydrogen-bond donors (Lipinski definition) is 0. The van der Waals surface area contributed by atoms with Gasteiger partial charge in [0.15, 0.2) is 0 Å². The second-order valence-electron chi connectivity index (χ2n) is 7.29. The molecule has 0 radical (unpaired) electrons. The van der Waals surface area contributed by atoms with Gasteiger partial charge in [-0.2, -0.15) is 0 Å². The third-order valence-corrected chi connectivity index (χ3v) is 5.53. The number of rotatable bonds is 11. The van der Waals surface area contributed by atoms with Crippen molar-refractivity contribution in [1.29, 1.82) is 0 Å². The summed E-state index contributed by atoms with van der Waals surface area (Å²) in [7, 11) is 0. The van der Waals surface area contributed by atoms with Gasteiger partial charge in [-0.1, -0.05) is 59.1 Å². The van der Waals surface area contributed by atoms with Crippen molar-refractivity contribution in [2.24, 2.45) is 0 Å². The molecule has 170 valence electrons. The maximum atomic E-state index is 12.7. The fourth-order valence-electron chi connectivity index (χ4n) is 3.18. The molecule has 0 aliphatic rings. The molecule has 0 atom stereocenters. The van der Waals surface area contributed by atoms with Crippen LogP contribution in [0.1, 0.15) is 23.7 Å². The van der Waals surface area contributed by atoms with Gasteiger partial charge in [0.1, 0.15) is 29.7 Å². The molecule has 0 N–H and O–H groups in total. The predicted octanol–water partition coefficient (Wildman–Crippen LogP) is 5.70. The highest BCUT2D eigenvalue weighted by molar-refractivity contribution is 6.34. The summed E-state index contributed by atoms with van der Waals surface area (Å²) < 4.78 is 18.5. The van der Waals surface area contributed by atoms with Crippen LogP contribution >= 0.6 is 23.2 Å². The Kier molecular flexibility index (Phi) is 9.03. The second-order valence-corrected chi connectivity index (χ2v) is 8.10. The van der Waals surface area contributed by atoms with E-state index in [0.717, 1.165) is 5.56 Å². The Morgan fingerprint density at radius 2 is 1.62 bits per heavy atom. The highest BCUT2D eigenvalue weighted by Crippen LogP contribution is 2.23. The van der Waals surface area contributed by atoms with Crippen molar-refractivity contribution < 1.29 is 14.2 Å². The molecule has 0 aliphatic heterocycles. The van der Waals surface area contributed by atoms with E-state index in [0.29, 0.717) is 55.0 Å². The first-order valence-corrected chi connectivity index (χ1v) is 11.3. The van der Waals surface area contributed by atoms with E-state index in [4.69, 9.17) is 37.4 Å². The van der Waals surface area contributed by atoms with Gasteiger partial charge in [0.05, 0.1) is 17.3 Å². The Hall–Kier alpha value is -2.47. The van der Waals surface area contributed by atoms with E-state index in [1.807, 2.05) is 32.0 Å². The van der Waals surface area contributed by atoms with Crippen LogP contribution < -0.4 is 15.0 Å². The lowest BCUT2D eigenvalue weighted by Crippen LogP contribution is -2.26. The zero-order chi connectivity index (χ0) is 22.9. The zero-order valence-electron chi connectivity index (χ0n) is 18.3. The number of hydrogen-bond acceptors (Lipinski definition) is 4. The largest absolute Gasteiger partial charge is 0.491 e. The zero-order valence-corrected chi connectivity index (χ0v) is 19.8. The van der Waals surface area contributed by atoms with Crippen LogP contribution in [-0.2, 0) is 24.3 Å². The summed E-state index contributed by atoms with van der Waals surface area (Å²) >= 11 is 12.6. The third-order valence-electron chi connectivity index (χ3n) is 4.93. The number of aryl methyl sites for hydroxylation is 2. The minimum Gasteiger partial charge on any atom is -0.491 e. The molecule has 3 aromatic rings. The number of pyridine rings is 1. The molecule has 0 spiro atoms. The Bertz CT molecular complexity index is 1080. The van der Waals surface area contributed by atoms with Crippen molar-refractivity contribution in [2.45, 2.75) is 33.4 Å². The number of ether oxygens (including phenoxy) is 3. The standard InChI is InChI=1S/C25H27Cl2NO4/c1-3-30-13-14-31-20-5-4-6-21(15-20)32-17-24-22(26)16-23(27)25(29)28(24)12-11-19-9-7-18(2)8-10-19/h4-10,15-16H,3,11-14,17H2,1-2H3. The highest BCUT2D eigenvalue weighted by atomic mass is 35.5. The van der Waals surface area contributed by atoms with E-state index < -0.39 is 0 Å². The Balaban J connectivity index is 1.72. The number of halogens is 2. The lowest BCUT2D eigenvalue weighted by Gasteiger charge is -2.16. The van der Waals surface area contributed by atoms with Crippen molar-refractivity contribution in [3.63, 3.8) is 0 Å². The lowest BCUT2D eigenvalue weighted by atomic mass is 10.1. The molecule has 0 unspecified atom stereocenters. The molecule has 0 aliphatic carbocycles. The van der Waals surface area contributed by atoms with E-state index in [-0.39, 0.29) is 17.2 Å². The highest BCUT2D eigenvalue weighted by Gasteiger charge is 2.14. The average Bonchev–Trinajstić information content (AvgIpc) is 2.79. The smallest absolute Gasteiger partial charge is 0.269 e. The van der Waals surface area contributed by atoms with Crippen LogP contribution in [0.15, 0.2) is 59.4 Å². The summed E-state index contributed by atoms with van der Waals surface area (Å²) in [5.41, 5.74) is 2.61. The van der Waals surface area contributed by atoms with Crippen LogP contribution in [0.2, 0.25) is 10.0 Å². The monoisotopic (exact) mass is 475 g/mol. The van der Waals surface area contributed by atoms with Gasteiger partial charge >= 0.3 is 0 Å². The minimum absolute atomic E-state index is 0.0901. The quantitative estimate of drug-likeness (QED) is 0.333. The summed E-state index contributed by atoms with van der Waals surface area (Å²) in [5.74, 6) is 1.30. The summed E-state index contributed by atoms with van der Waals surface area (Å²) in [6, 6.07) is 17.0. The molecular formula is C25H27Cl2NO4. The van der Waals surface area contributed by atoms with Crippen molar-refractivity contribution in [2.75, 3.05) is 19.8 Å². The minimum atomic E-state index is -0.283. The van der Waals surface area contributed by atoms with Gasteiger partial charge in [-0.15, -0.1) is 0 Å². The van der Waals surface area contributed by atoms with E-state index in [9.17, 15) is 4.79 Å². The van der Waals surface area contributed by atoms with Crippen molar-refractivity contribution in [1.82, 2.24) is 4.57 Å². The molecule has 5 nitrogen and oxygen atoms in total.